The van der Waals surface area contributed by atoms with Gasteiger partial charge in [0, 0.05) is 30.7 Å². The van der Waals surface area contributed by atoms with Crippen LogP contribution in [0.1, 0.15) is 30.4 Å². The number of rotatable bonds is 6. The maximum atomic E-state index is 13.3. The maximum absolute atomic E-state index is 13.3. The van der Waals surface area contributed by atoms with E-state index in [4.69, 9.17) is 21.1 Å². The molecule has 0 aromatic heterocycles. The monoisotopic (exact) mass is 476 g/mol. The standard InChI is InChI=1S/C25H30ClFN2O4/c26-19-6-4-17(5-7-19)13-29-14-21(30)15-32-16-24-23(29)9-8-22(33-24)11-25(31)28-12-18-2-1-3-20(27)10-18/h1-7,10,21-24,30H,8-9,11-16H2,(H,28,31)/t21-,22-,23-,24+/m0/s1. The number of fused-ring (bicyclic) bond motifs is 1. The van der Waals surface area contributed by atoms with Crippen LogP contribution in [0, 0.1) is 5.82 Å². The Bertz CT molecular complexity index is 929. The van der Waals surface area contributed by atoms with Crippen molar-refractivity contribution in [1.82, 2.24) is 10.2 Å². The summed E-state index contributed by atoms with van der Waals surface area (Å²) in [6.45, 7) is 2.08. The topological polar surface area (TPSA) is 71.0 Å². The first kappa shape index (κ1) is 24.1. The fourth-order valence-corrected chi connectivity index (χ4v) is 4.70. The molecule has 4 atom stereocenters. The van der Waals surface area contributed by atoms with Crippen LogP contribution in [-0.2, 0) is 27.4 Å². The molecule has 2 heterocycles. The van der Waals surface area contributed by atoms with Crippen molar-refractivity contribution < 1.29 is 23.8 Å². The van der Waals surface area contributed by atoms with Crippen molar-refractivity contribution in [2.75, 3.05) is 19.8 Å². The van der Waals surface area contributed by atoms with E-state index in [1.807, 2.05) is 24.3 Å². The van der Waals surface area contributed by atoms with Crippen molar-refractivity contribution in [1.29, 1.82) is 0 Å². The zero-order valence-electron chi connectivity index (χ0n) is 18.5. The van der Waals surface area contributed by atoms with Crippen LogP contribution in [0.25, 0.3) is 0 Å². The lowest BCUT2D eigenvalue weighted by atomic mass is 9.94. The number of nitrogens with one attached hydrogen (secondary N) is 1. The van der Waals surface area contributed by atoms with Crippen LogP contribution in [0.5, 0.6) is 0 Å². The van der Waals surface area contributed by atoms with Gasteiger partial charge in [-0.3, -0.25) is 9.69 Å². The van der Waals surface area contributed by atoms with Crippen LogP contribution < -0.4 is 5.32 Å². The molecule has 2 N–H and O–H groups in total. The molecule has 178 valence electrons. The number of β-amino-alcohol motifs (C(OH)–C–C–N with tert-alkyl or cyclic N) is 1. The van der Waals surface area contributed by atoms with Gasteiger partial charge in [0.25, 0.3) is 0 Å². The van der Waals surface area contributed by atoms with Crippen LogP contribution in [0.4, 0.5) is 4.39 Å². The minimum Gasteiger partial charge on any atom is -0.389 e. The summed E-state index contributed by atoms with van der Waals surface area (Å²) in [4.78, 5) is 14.7. The quantitative estimate of drug-likeness (QED) is 0.669. The summed E-state index contributed by atoms with van der Waals surface area (Å²) in [6, 6.07) is 14.0. The van der Waals surface area contributed by atoms with Gasteiger partial charge in [0.05, 0.1) is 37.9 Å². The summed E-state index contributed by atoms with van der Waals surface area (Å²) >= 11 is 6.02. The summed E-state index contributed by atoms with van der Waals surface area (Å²) in [5.41, 5.74) is 1.84. The van der Waals surface area contributed by atoms with E-state index in [-0.39, 0.29) is 49.5 Å². The van der Waals surface area contributed by atoms with E-state index in [1.165, 1.54) is 12.1 Å². The minimum absolute atomic E-state index is 0.0854. The SMILES string of the molecule is O=C(C[C@@H]1CC[C@H]2[C@@H](COC[C@@H](O)CN2Cc2ccc(Cl)cc2)O1)NCc1cccc(F)c1. The Balaban J connectivity index is 1.34. The van der Waals surface area contributed by atoms with Crippen molar-refractivity contribution in [2.45, 2.75) is 56.7 Å². The molecule has 2 fully saturated rings. The highest BCUT2D eigenvalue weighted by Gasteiger charge is 2.38. The molecule has 0 radical (unpaired) electrons. The highest BCUT2D eigenvalue weighted by Crippen LogP contribution is 2.29. The first-order valence-electron chi connectivity index (χ1n) is 11.4. The lowest BCUT2D eigenvalue weighted by Crippen LogP contribution is -2.55. The van der Waals surface area contributed by atoms with Gasteiger partial charge in [-0.05, 0) is 48.2 Å². The number of aliphatic hydroxyl groups is 1. The number of halogens is 2. The van der Waals surface area contributed by atoms with Crippen molar-refractivity contribution in [3.63, 3.8) is 0 Å². The molecule has 2 aliphatic rings. The number of benzene rings is 2. The molecule has 2 aromatic carbocycles. The summed E-state index contributed by atoms with van der Waals surface area (Å²) in [7, 11) is 0. The van der Waals surface area contributed by atoms with Gasteiger partial charge < -0.3 is 19.9 Å². The van der Waals surface area contributed by atoms with Crippen molar-refractivity contribution in [2.24, 2.45) is 0 Å². The highest BCUT2D eigenvalue weighted by molar-refractivity contribution is 6.30. The second-order valence-electron chi connectivity index (χ2n) is 8.80. The molecular formula is C25H30ClFN2O4. The van der Waals surface area contributed by atoms with Crippen LogP contribution in [0.3, 0.4) is 0 Å². The Kier molecular flexibility index (Phi) is 8.33. The van der Waals surface area contributed by atoms with Gasteiger partial charge in [-0.25, -0.2) is 4.39 Å². The van der Waals surface area contributed by atoms with Crippen molar-refractivity contribution in [3.8, 4) is 0 Å². The molecule has 8 heteroatoms. The average Bonchev–Trinajstić information content (AvgIpc) is 2.78. The Morgan fingerprint density at radius 3 is 2.76 bits per heavy atom. The molecule has 6 nitrogen and oxygen atoms in total. The van der Waals surface area contributed by atoms with Crippen molar-refractivity contribution in [3.05, 3.63) is 70.5 Å². The first-order chi connectivity index (χ1) is 16.0. The van der Waals surface area contributed by atoms with E-state index < -0.39 is 6.10 Å². The molecule has 0 spiro atoms. The van der Waals surface area contributed by atoms with Crippen LogP contribution >= 0.6 is 11.6 Å². The number of nitrogens with zero attached hydrogens (tertiary/aromatic N) is 1. The predicted octanol–water partition coefficient (Wildman–Crippen LogP) is 3.29. The summed E-state index contributed by atoms with van der Waals surface area (Å²) in [5, 5.41) is 13.9. The van der Waals surface area contributed by atoms with Gasteiger partial charge in [0.1, 0.15) is 5.82 Å². The summed E-state index contributed by atoms with van der Waals surface area (Å²) in [6.07, 6.45) is 0.879. The highest BCUT2D eigenvalue weighted by atomic mass is 35.5. The van der Waals surface area contributed by atoms with Gasteiger partial charge in [0.2, 0.25) is 5.91 Å². The Morgan fingerprint density at radius 2 is 1.97 bits per heavy atom. The lowest BCUT2D eigenvalue weighted by molar-refractivity contribution is -0.158. The van der Waals surface area contributed by atoms with Gasteiger partial charge >= 0.3 is 0 Å². The number of carbonyl (C=O) groups is 1. The van der Waals surface area contributed by atoms with Crippen LogP contribution in [0.2, 0.25) is 5.02 Å². The van der Waals surface area contributed by atoms with E-state index in [9.17, 15) is 14.3 Å². The normalized spacial score (nSPS) is 26.2. The Morgan fingerprint density at radius 1 is 1.15 bits per heavy atom. The van der Waals surface area contributed by atoms with Crippen LogP contribution in [-0.4, -0.2) is 60.0 Å². The van der Waals surface area contributed by atoms with E-state index in [0.717, 1.165) is 24.0 Å². The fraction of sp³-hybridized carbons (Fsp3) is 0.480. The molecule has 1 amide bonds. The van der Waals surface area contributed by atoms with Gasteiger partial charge in [-0.15, -0.1) is 0 Å². The fourth-order valence-electron chi connectivity index (χ4n) is 4.58. The first-order valence-corrected chi connectivity index (χ1v) is 11.7. The summed E-state index contributed by atoms with van der Waals surface area (Å²) < 4.78 is 25.3. The zero-order valence-corrected chi connectivity index (χ0v) is 19.2. The Labute approximate surface area is 198 Å². The maximum Gasteiger partial charge on any atom is 0.222 e. The zero-order chi connectivity index (χ0) is 23.2. The molecule has 4 rings (SSSR count). The smallest absolute Gasteiger partial charge is 0.222 e. The van der Waals surface area contributed by atoms with E-state index in [1.54, 1.807) is 12.1 Å². The number of ether oxygens (including phenoxy) is 2. The number of carbonyl (C=O) groups excluding carboxylic acids is 1. The Hall–Kier alpha value is -2.03. The second kappa shape index (κ2) is 11.4. The molecule has 2 aliphatic heterocycles. The predicted molar refractivity (Wildman–Crippen MR) is 123 cm³/mol. The third-order valence-electron chi connectivity index (χ3n) is 6.18. The average molecular weight is 477 g/mol. The largest absolute Gasteiger partial charge is 0.389 e. The molecule has 33 heavy (non-hydrogen) atoms. The molecule has 0 saturated carbocycles. The number of hydrogen-bond acceptors (Lipinski definition) is 5. The third-order valence-corrected chi connectivity index (χ3v) is 6.43. The number of aliphatic hydroxyl groups excluding tert-OH is 1. The lowest BCUT2D eigenvalue weighted by Gasteiger charge is -2.44. The van der Waals surface area contributed by atoms with Gasteiger partial charge in [-0.2, -0.15) is 0 Å². The molecule has 0 bridgehead atoms. The number of hydrogen-bond donors (Lipinski definition) is 2. The molecule has 2 aromatic rings. The van der Waals surface area contributed by atoms with E-state index in [2.05, 4.69) is 10.2 Å². The third kappa shape index (κ3) is 6.98. The van der Waals surface area contributed by atoms with E-state index >= 15 is 0 Å². The molecular weight excluding hydrogens is 447 g/mol. The molecule has 2 saturated heterocycles. The second-order valence-corrected chi connectivity index (χ2v) is 9.24. The summed E-state index contributed by atoms with van der Waals surface area (Å²) in [5.74, 6) is -0.441. The van der Waals surface area contributed by atoms with Gasteiger partial charge in [0.15, 0.2) is 0 Å². The molecule has 0 unspecified atom stereocenters. The molecule has 0 aliphatic carbocycles. The van der Waals surface area contributed by atoms with E-state index in [0.29, 0.717) is 24.7 Å². The van der Waals surface area contributed by atoms with Crippen LogP contribution in [0.15, 0.2) is 48.5 Å². The minimum atomic E-state index is -0.565. The number of amides is 1. The van der Waals surface area contributed by atoms with Crippen molar-refractivity contribution >= 4 is 17.5 Å². The van der Waals surface area contributed by atoms with Gasteiger partial charge in [-0.1, -0.05) is 35.9 Å².